The molecular weight excluding hydrogens is 352 g/mol. The van der Waals surface area contributed by atoms with E-state index >= 15 is 0 Å². The number of likely N-dealkylation sites (tertiary alicyclic amines) is 1. The molecule has 1 saturated heterocycles. The van der Waals surface area contributed by atoms with E-state index in [1.807, 2.05) is 18.2 Å². The van der Waals surface area contributed by atoms with Crippen molar-refractivity contribution in [1.29, 1.82) is 0 Å². The quantitative estimate of drug-likeness (QED) is 0.732. The summed E-state index contributed by atoms with van der Waals surface area (Å²) >= 11 is 0. The van der Waals surface area contributed by atoms with Crippen LogP contribution in [0.15, 0.2) is 30.4 Å². The van der Waals surface area contributed by atoms with Gasteiger partial charge < -0.3 is 19.3 Å². The monoisotopic (exact) mass is 385 g/mol. The van der Waals surface area contributed by atoms with E-state index < -0.39 is 0 Å². The van der Waals surface area contributed by atoms with Crippen molar-refractivity contribution in [3.8, 4) is 11.5 Å². The average molecular weight is 386 g/mol. The molecular formula is C23H33N2O3+. The van der Waals surface area contributed by atoms with Gasteiger partial charge in [0.2, 0.25) is 12.7 Å². The van der Waals surface area contributed by atoms with Gasteiger partial charge >= 0.3 is 0 Å². The topological polar surface area (TPSA) is 43.2 Å². The van der Waals surface area contributed by atoms with Gasteiger partial charge in [0.15, 0.2) is 11.5 Å². The normalized spacial score (nSPS) is 25.8. The van der Waals surface area contributed by atoms with Gasteiger partial charge in [-0.2, -0.15) is 0 Å². The van der Waals surface area contributed by atoms with Crippen LogP contribution in [0.4, 0.5) is 0 Å². The highest BCUT2D eigenvalue weighted by Gasteiger charge is 2.31. The smallest absolute Gasteiger partial charge is 0.231 e. The van der Waals surface area contributed by atoms with E-state index in [1.165, 1.54) is 25.8 Å². The summed E-state index contributed by atoms with van der Waals surface area (Å²) in [5.74, 6) is 2.37. The van der Waals surface area contributed by atoms with E-state index in [0.29, 0.717) is 18.4 Å². The van der Waals surface area contributed by atoms with Crippen molar-refractivity contribution in [3.05, 3.63) is 35.9 Å². The van der Waals surface area contributed by atoms with Crippen LogP contribution < -0.4 is 14.4 Å². The molecule has 0 spiro atoms. The Morgan fingerprint density at radius 1 is 1.18 bits per heavy atom. The largest absolute Gasteiger partial charge is 0.454 e. The van der Waals surface area contributed by atoms with E-state index in [4.69, 9.17) is 9.47 Å². The van der Waals surface area contributed by atoms with E-state index in [1.54, 1.807) is 4.90 Å². The molecule has 0 saturated carbocycles. The summed E-state index contributed by atoms with van der Waals surface area (Å²) < 4.78 is 10.9. The predicted octanol–water partition coefficient (Wildman–Crippen LogP) is 2.21. The Kier molecular flexibility index (Phi) is 6.20. The summed E-state index contributed by atoms with van der Waals surface area (Å²) in [4.78, 5) is 17.1. The first kappa shape index (κ1) is 19.3. The summed E-state index contributed by atoms with van der Waals surface area (Å²) in [5, 5.41) is 0. The van der Waals surface area contributed by atoms with E-state index in [0.717, 1.165) is 49.5 Å². The maximum Gasteiger partial charge on any atom is 0.231 e. The van der Waals surface area contributed by atoms with Crippen molar-refractivity contribution in [2.75, 3.05) is 33.0 Å². The Labute approximate surface area is 168 Å². The number of hydrogen-bond donors (Lipinski definition) is 1. The molecule has 1 fully saturated rings. The third-order valence-electron chi connectivity index (χ3n) is 6.52. The number of nitrogens with zero attached hydrogens (tertiary/aromatic N) is 1. The molecule has 4 rings (SSSR count). The second-order valence-electron chi connectivity index (χ2n) is 8.41. The number of fused-ring (bicyclic) bond motifs is 1. The van der Waals surface area contributed by atoms with Gasteiger partial charge in [0, 0.05) is 19.4 Å². The highest BCUT2D eigenvalue weighted by molar-refractivity contribution is 5.79. The van der Waals surface area contributed by atoms with E-state index in [9.17, 15) is 4.79 Å². The van der Waals surface area contributed by atoms with Crippen molar-refractivity contribution in [2.24, 2.45) is 5.92 Å². The first-order valence-corrected chi connectivity index (χ1v) is 10.9. The zero-order chi connectivity index (χ0) is 19.3. The molecule has 5 heteroatoms. The lowest BCUT2D eigenvalue weighted by Gasteiger charge is -2.32. The summed E-state index contributed by atoms with van der Waals surface area (Å²) in [6.45, 7) is 6.72. The second kappa shape index (κ2) is 8.99. The van der Waals surface area contributed by atoms with Crippen molar-refractivity contribution >= 4 is 5.91 Å². The number of ether oxygens (including phenoxy) is 2. The molecule has 1 aromatic carbocycles. The minimum absolute atomic E-state index is 0.246. The maximum atomic E-state index is 13.3. The van der Waals surface area contributed by atoms with Crippen molar-refractivity contribution in [3.63, 3.8) is 0 Å². The molecule has 2 aliphatic heterocycles. The lowest BCUT2D eigenvalue weighted by atomic mass is 9.93. The molecule has 3 aliphatic rings. The molecule has 1 unspecified atom stereocenters. The molecule has 28 heavy (non-hydrogen) atoms. The number of hydrogen-bond acceptors (Lipinski definition) is 3. The molecule has 2 heterocycles. The molecule has 0 bridgehead atoms. The fourth-order valence-corrected chi connectivity index (χ4v) is 4.88. The number of benzene rings is 1. The minimum Gasteiger partial charge on any atom is -0.454 e. The molecule has 1 aromatic rings. The Morgan fingerprint density at radius 2 is 2.07 bits per heavy atom. The SMILES string of the molecule is CC[NH+]1CCC[C@@H]1CN(C[C@H]1CC=CCC1)C(=O)Cc1ccc2c(c1)OCO2. The van der Waals surface area contributed by atoms with Gasteiger partial charge in [0.25, 0.3) is 0 Å². The van der Waals surface area contributed by atoms with Crippen LogP contribution in [0.2, 0.25) is 0 Å². The molecule has 5 nitrogen and oxygen atoms in total. The number of carbonyl (C=O) groups is 1. The number of likely N-dealkylation sites (N-methyl/N-ethyl adjacent to an activating group) is 1. The molecule has 1 amide bonds. The summed E-state index contributed by atoms with van der Waals surface area (Å²) in [6.07, 6.45) is 11.0. The Morgan fingerprint density at radius 3 is 2.89 bits per heavy atom. The van der Waals surface area contributed by atoms with Crippen LogP contribution in [0.25, 0.3) is 0 Å². The van der Waals surface area contributed by atoms with Crippen LogP contribution in [0, 0.1) is 5.92 Å². The highest BCUT2D eigenvalue weighted by atomic mass is 16.7. The third kappa shape index (κ3) is 4.52. The number of allylic oxidation sites excluding steroid dienone is 2. The Bertz CT molecular complexity index is 718. The molecule has 3 atom stereocenters. The molecule has 0 radical (unpaired) electrons. The predicted molar refractivity (Wildman–Crippen MR) is 109 cm³/mol. The lowest BCUT2D eigenvalue weighted by molar-refractivity contribution is -0.909. The first-order valence-electron chi connectivity index (χ1n) is 10.9. The number of carbonyl (C=O) groups excluding carboxylic acids is 1. The zero-order valence-corrected chi connectivity index (χ0v) is 17.0. The van der Waals surface area contributed by atoms with E-state index in [2.05, 4.69) is 24.0 Å². The van der Waals surface area contributed by atoms with Gasteiger partial charge in [0.1, 0.15) is 6.04 Å². The fourth-order valence-electron chi connectivity index (χ4n) is 4.88. The van der Waals surface area contributed by atoms with Crippen molar-refractivity contribution in [1.82, 2.24) is 4.90 Å². The third-order valence-corrected chi connectivity index (χ3v) is 6.52. The van der Waals surface area contributed by atoms with Gasteiger partial charge in [0.05, 0.1) is 26.1 Å². The molecule has 0 aromatic heterocycles. The maximum absolute atomic E-state index is 13.3. The van der Waals surface area contributed by atoms with Crippen molar-refractivity contribution in [2.45, 2.75) is 51.5 Å². The standard InChI is InChI=1S/C23H32N2O3/c1-2-24-12-6-9-20(24)16-25(15-18-7-4-3-5-8-18)23(26)14-19-10-11-21-22(13-19)28-17-27-21/h3-4,10-11,13,18,20H,2,5-9,12,14-17H2,1H3/p+1/t18-,20+/m0/s1. The summed E-state index contributed by atoms with van der Waals surface area (Å²) in [7, 11) is 0. The van der Waals surface area contributed by atoms with Gasteiger partial charge in [-0.15, -0.1) is 0 Å². The Balaban J connectivity index is 1.44. The van der Waals surface area contributed by atoms with Crippen LogP contribution in [-0.4, -0.2) is 49.8 Å². The Hall–Kier alpha value is -2.01. The van der Waals surface area contributed by atoms with Crippen LogP contribution in [0.3, 0.4) is 0 Å². The van der Waals surface area contributed by atoms with Gasteiger partial charge in [-0.3, -0.25) is 4.79 Å². The first-order chi connectivity index (χ1) is 13.7. The average Bonchev–Trinajstić information content (AvgIpc) is 3.36. The number of nitrogens with one attached hydrogen (secondary N) is 1. The van der Waals surface area contributed by atoms with Crippen LogP contribution in [0.5, 0.6) is 11.5 Å². The number of quaternary nitrogens is 1. The van der Waals surface area contributed by atoms with Crippen LogP contribution >= 0.6 is 0 Å². The fraction of sp³-hybridized carbons (Fsp3) is 0.609. The van der Waals surface area contributed by atoms with Gasteiger partial charge in [-0.05, 0) is 49.8 Å². The molecule has 152 valence electrons. The molecule has 1 aliphatic carbocycles. The van der Waals surface area contributed by atoms with Crippen LogP contribution in [0.1, 0.15) is 44.6 Å². The van der Waals surface area contributed by atoms with Crippen molar-refractivity contribution < 1.29 is 19.2 Å². The molecule has 1 N–H and O–H groups in total. The highest BCUT2D eigenvalue weighted by Crippen LogP contribution is 2.32. The van der Waals surface area contributed by atoms with E-state index in [-0.39, 0.29) is 12.7 Å². The number of rotatable bonds is 7. The summed E-state index contributed by atoms with van der Waals surface area (Å²) in [5.41, 5.74) is 1.01. The van der Waals surface area contributed by atoms with Gasteiger partial charge in [-0.1, -0.05) is 18.2 Å². The summed E-state index contributed by atoms with van der Waals surface area (Å²) in [6, 6.07) is 6.46. The van der Waals surface area contributed by atoms with Gasteiger partial charge in [-0.25, -0.2) is 0 Å². The second-order valence-corrected chi connectivity index (χ2v) is 8.41. The van der Waals surface area contributed by atoms with Crippen LogP contribution in [-0.2, 0) is 11.2 Å². The lowest BCUT2D eigenvalue weighted by Crippen LogP contribution is -3.14. The zero-order valence-electron chi connectivity index (χ0n) is 17.0. The number of amides is 1. The minimum atomic E-state index is 0.246.